The number of carbonyl (C=O) groups is 2. The molecule has 0 saturated heterocycles. The van der Waals surface area contributed by atoms with Crippen molar-refractivity contribution >= 4 is 11.8 Å². The first kappa shape index (κ1) is 32.8. The highest BCUT2D eigenvalue weighted by molar-refractivity contribution is 6.00. The standard InChI is InChI=1S/C41H43FO5/c1-26(2)32-23-18-27(3)24-35(32)47-40(45)41(30-14-8-5-9-15-30,46-25-28-12-6-4-7-13-28)37-33-16-10-11-17-34(33)39(44)36(37)38(43)29-19-21-31(42)22-20-29/h4-17,19-22,26-27,32,35-37,39,44H,18,23-25H2,1-3H3/t27-,32+,35-,36+,37+,39+,41+/m0/s1. The minimum atomic E-state index is -1.81. The van der Waals surface area contributed by atoms with Gasteiger partial charge in [0, 0.05) is 11.5 Å². The molecule has 6 rings (SSSR count). The van der Waals surface area contributed by atoms with Crippen LogP contribution in [0.1, 0.15) is 84.7 Å². The summed E-state index contributed by atoms with van der Waals surface area (Å²) >= 11 is 0. The Morgan fingerprint density at radius 3 is 2.13 bits per heavy atom. The number of aliphatic hydroxyl groups is 1. The molecule has 0 aromatic heterocycles. The van der Waals surface area contributed by atoms with Crippen molar-refractivity contribution in [2.24, 2.45) is 23.7 Å². The second kappa shape index (κ2) is 13.9. The first-order chi connectivity index (χ1) is 22.7. The second-order valence-corrected chi connectivity index (χ2v) is 13.6. The van der Waals surface area contributed by atoms with Crippen molar-refractivity contribution in [1.82, 2.24) is 0 Å². The van der Waals surface area contributed by atoms with Crippen LogP contribution in [0, 0.1) is 29.5 Å². The number of esters is 1. The van der Waals surface area contributed by atoms with Crippen LogP contribution in [0.5, 0.6) is 0 Å². The Labute approximate surface area is 276 Å². The van der Waals surface area contributed by atoms with Gasteiger partial charge in [0.2, 0.25) is 0 Å². The Bertz CT molecular complexity index is 1670. The van der Waals surface area contributed by atoms with Crippen LogP contribution in [0.3, 0.4) is 0 Å². The van der Waals surface area contributed by atoms with Crippen LogP contribution in [-0.4, -0.2) is 23.0 Å². The Kier molecular flexibility index (Phi) is 9.72. The lowest BCUT2D eigenvalue weighted by molar-refractivity contribution is -0.195. The van der Waals surface area contributed by atoms with Gasteiger partial charge in [0.1, 0.15) is 11.9 Å². The average molecular weight is 635 g/mol. The number of rotatable bonds is 10. The van der Waals surface area contributed by atoms with E-state index in [1.54, 1.807) is 6.07 Å². The van der Waals surface area contributed by atoms with Crippen molar-refractivity contribution in [3.8, 4) is 0 Å². The molecule has 0 spiro atoms. The molecule has 6 heteroatoms. The Hall–Kier alpha value is -4.13. The number of hydrogen-bond acceptors (Lipinski definition) is 5. The zero-order valence-electron chi connectivity index (χ0n) is 27.2. The van der Waals surface area contributed by atoms with Gasteiger partial charge >= 0.3 is 5.97 Å². The van der Waals surface area contributed by atoms with Gasteiger partial charge in [0.25, 0.3) is 0 Å². The molecular weight excluding hydrogens is 591 g/mol. The third-order valence-corrected chi connectivity index (χ3v) is 10.3. The molecule has 0 amide bonds. The molecule has 2 aliphatic carbocycles. The first-order valence-corrected chi connectivity index (χ1v) is 16.7. The molecule has 1 N–H and O–H groups in total. The van der Waals surface area contributed by atoms with E-state index in [1.807, 2.05) is 78.9 Å². The van der Waals surface area contributed by atoms with Crippen LogP contribution >= 0.6 is 0 Å². The first-order valence-electron chi connectivity index (χ1n) is 16.7. The minimum absolute atomic E-state index is 0.0612. The quantitative estimate of drug-likeness (QED) is 0.140. The zero-order chi connectivity index (χ0) is 33.1. The molecule has 7 atom stereocenters. The minimum Gasteiger partial charge on any atom is -0.460 e. The average Bonchev–Trinajstić information content (AvgIpc) is 3.38. The summed E-state index contributed by atoms with van der Waals surface area (Å²) in [4.78, 5) is 29.8. The molecular formula is C41H43FO5. The second-order valence-electron chi connectivity index (χ2n) is 13.6. The van der Waals surface area contributed by atoms with Crippen molar-refractivity contribution in [3.63, 3.8) is 0 Å². The third kappa shape index (κ3) is 6.41. The van der Waals surface area contributed by atoms with Gasteiger partial charge in [0.15, 0.2) is 11.4 Å². The summed E-state index contributed by atoms with van der Waals surface area (Å²) in [5.41, 5.74) is 1.02. The third-order valence-electron chi connectivity index (χ3n) is 10.3. The summed E-state index contributed by atoms with van der Waals surface area (Å²) in [5, 5.41) is 11.9. The predicted octanol–water partition coefficient (Wildman–Crippen LogP) is 8.57. The van der Waals surface area contributed by atoms with Gasteiger partial charge in [-0.15, -0.1) is 0 Å². The van der Waals surface area contributed by atoms with Crippen LogP contribution in [-0.2, 0) is 26.5 Å². The summed E-state index contributed by atoms with van der Waals surface area (Å²) in [6.45, 7) is 6.58. The predicted molar refractivity (Wildman–Crippen MR) is 179 cm³/mol. The molecule has 1 saturated carbocycles. The van der Waals surface area contributed by atoms with E-state index in [2.05, 4.69) is 20.8 Å². The number of hydrogen-bond donors (Lipinski definition) is 1. The van der Waals surface area contributed by atoms with Gasteiger partial charge in [-0.25, -0.2) is 9.18 Å². The van der Waals surface area contributed by atoms with Crippen molar-refractivity contribution in [2.75, 3.05) is 0 Å². The van der Waals surface area contributed by atoms with Crippen LogP contribution in [0.25, 0.3) is 0 Å². The van der Waals surface area contributed by atoms with E-state index in [4.69, 9.17) is 9.47 Å². The SMILES string of the molecule is CC(C)[C@H]1CC[C@H](C)C[C@@H]1OC(=O)[C@@](OCc1ccccc1)(c1ccccc1)[C@@H]1c2ccccc2[C@@H](O)[C@H]1C(=O)c1ccc(F)cc1. The molecule has 4 aromatic carbocycles. The van der Waals surface area contributed by atoms with Gasteiger partial charge in [-0.2, -0.15) is 0 Å². The monoisotopic (exact) mass is 634 g/mol. The lowest BCUT2D eigenvalue weighted by Crippen LogP contribution is -2.51. The van der Waals surface area contributed by atoms with E-state index in [0.29, 0.717) is 28.5 Å². The fourth-order valence-electron chi connectivity index (χ4n) is 7.79. The highest BCUT2D eigenvalue weighted by Gasteiger charge is 2.61. The van der Waals surface area contributed by atoms with E-state index in [0.717, 1.165) is 24.8 Å². The molecule has 2 aliphatic rings. The van der Waals surface area contributed by atoms with E-state index < -0.39 is 41.1 Å². The summed E-state index contributed by atoms with van der Waals surface area (Å²) in [6, 6.07) is 31.4. The van der Waals surface area contributed by atoms with E-state index in [9.17, 15) is 14.3 Å². The van der Waals surface area contributed by atoms with Gasteiger partial charge in [-0.3, -0.25) is 4.79 Å². The maximum absolute atomic E-state index is 15.3. The normalized spacial score (nSPS) is 25.1. The number of fused-ring (bicyclic) bond motifs is 1. The molecule has 4 aromatic rings. The molecule has 0 heterocycles. The van der Waals surface area contributed by atoms with Crippen LogP contribution < -0.4 is 0 Å². The number of ketones is 1. The summed E-state index contributed by atoms with van der Waals surface area (Å²) in [7, 11) is 0. The van der Waals surface area contributed by atoms with Crippen molar-refractivity contribution in [3.05, 3.63) is 143 Å². The number of Topliss-reactive ketones (excluding diaryl/α,β-unsaturated/α-hetero) is 1. The number of benzene rings is 4. The van der Waals surface area contributed by atoms with Crippen LogP contribution in [0.4, 0.5) is 4.39 Å². The zero-order valence-corrected chi connectivity index (χ0v) is 27.2. The van der Waals surface area contributed by atoms with Gasteiger partial charge in [-0.05, 0) is 77.1 Å². The fourth-order valence-corrected chi connectivity index (χ4v) is 7.79. The summed E-state index contributed by atoms with van der Waals surface area (Å²) in [5.74, 6) is -2.65. The molecule has 0 bridgehead atoms. The molecule has 0 unspecified atom stereocenters. The van der Waals surface area contributed by atoms with Gasteiger partial charge < -0.3 is 14.6 Å². The number of halogens is 1. The largest absolute Gasteiger partial charge is 0.460 e. The van der Waals surface area contributed by atoms with Crippen molar-refractivity contribution in [2.45, 2.75) is 70.4 Å². The lowest BCUT2D eigenvalue weighted by atomic mass is 9.70. The molecule has 47 heavy (non-hydrogen) atoms. The van der Waals surface area contributed by atoms with E-state index in [-0.39, 0.29) is 24.2 Å². The maximum Gasteiger partial charge on any atom is 0.344 e. The van der Waals surface area contributed by atoms with E-state index in [1.165, 1.54) is 24.3 Å². The summed E-state index contributed by atoms with van der Waals surface area (Å²) < 4.78 is 27.6. The lowest BCUT2D eigenvalue weighted by Gasteiger charge is -2.43. The Morgan fingerprint density at radius 2 is 1.47 bits per heavy atom. The number of aliphatic hydroxyl groups excluding tert-OH is 1. The Morgan fingerprint density at radius 1 is 0.851 bits per heavy atom. The topological polar surface area (TPSA) is 72.8 Å². The molecule has 0 radical (unpaired) electrons. The van der Waals surface area contributed by atoms with Gasteiger partial charge in [-0.1, -0.05) is 112 Å². The number of carbonyl (C=O) groups excluding carboxylic acids is 2. The number of ether oxygens (including phenoxy) is 2. The molecule has 0 aliphatic heterocycles. The Balaban J connectivity index is 1.55. The highest BCUT2D eigenvalue weighted by atomic mass is 19.1. The van der Waals surface area contributed by atoms with Gasteiger partial charge in [0.05, 0.1) is 18.6 Å². The van der Waals surface area contributed by atoms with E-state index >= 15 is 4.79 Å². The molecule has 5 nitrogen and oxygen atoms in total. The van der Waals surface area contributed by atoms with Crippen molar-refractivity contribution < 1.29 is 28.6 Å². The van der Waals surface area contributed by atoms with Crippen molar-refractivity contribution in [1.29, 1.82) is 0 Å². The van der Waals surface area contributed by atoms with Crippen LogP contribution in [0.15, 0.2) is 109 Å². The summed E-state index contributed by atoms with van der Waals surface area (Å²) in [6.07, 6.45) is 1.20. The smallest absolute Gasteiger partial charge is 0.344 e. The van der Waals surface area contributed by atoms with Crippen LogP contribution in [0.2, 0.25) is 0 Å². The fraction of sp³-hybridized carbons (Fsp3) is 0.366. The highest BCUT2D eigenvalue weighted by Crippen LogP contribution is 2.57. The maximum atomic E-state index is 15.3. The molecule has 244 valence electrons. The molecule has 1 fully saturated rings.